The molecular formula is C17H28N4O2. The number of amides is 1. The van der Waals surface area contributed by atoms with Crippen molar-refractivity contribution in [3.8, 4) is 0 Å². The van der Waals surface area contributed by atoms with Crippen LogP contribution in [0.1, 0.15) is 27.7 Å². The van der Waals surface area contributed by atoms with Crippen LogP contribution in [0.5, 0.6) is 0 Å². The van der Waals surface area contributed by atoms with E-state index in [1.54, 1.807) is 0 Å². The molecule has 23 heavy (non-hydrogen) atoms. The van der Waals surface area contributed by atoms with Crippen molar-refractivity contribution in [2.24, 2.45) is 0 Å². The molecule has 1 aromatic heterocycles. The van der Waals surface area contributed by atoms with Crippen LogP contribution >= 0.6 is 0 Å². The zero-order valence-electron chi connectivity index (χ0n) is 14.6. The molecule has 1 atom stereocenters. The van der Waals surface area contributed by atoms with E-state index in [2.05, 4.69) is 20.1 Å². The average Bonchev–Trinajstić information content (AvgIpc) is 2.46. The molecule has 2 rings (SSSR count). The maximum absolute atomic E-state index is 11.8. The minimum absolute atomic E-state index is 0.0613. The Balaban J connectivity index is 1.72. The van der Waals surface area contributed by atoms with Crippen molar-refractivity contribution in [3.63, 3.8) is 0 Å². The monoisotopic (exact) mass is 320 g/mol. The second-order valence-electron chi connectivity index (χ2n) is 7.02. The van der Waals surface area contributed by atoms with Gasteiger partial charge in [0.15, 0.2) is 0 Å². The molecule has 1 fully saturated rings. The topological polar surface area (TPSA) is 57.7 Å². The number of piperazine rings is 1. The van der Waals surface area contributed by atoms with Gasteiger partial charge in [-0.1, -0.05) is 6.07 Å². The number of nitrogens with zero attached hydrogens (tertiary/aromatic N) is 3. The van der Waals surface area contributed by atoms with E-state index in [1.807, 2.05) is 52.1 Å². The van der Waals surface area contributed by atoms with Crippen molar-refractivity contribution in [2.45, 2.75) is 39.3 Å². The van der Waals surface area contributed by atoms with Crippen molar-refractivity contribution in [1.29, 1.82) is 0 Å². The van der Waals surface area contributed by atoms with Gasteiger partial charge in [-0.15, -0.1) is 0 Å². The van der Waals surface area contributed by atoms with Gasteiger partial charge in [0, 0.05) is 45.0 Å². The lowest BCUT2D eigenvalue weighted by atomic mass is 10.2. The Kier molecular flexibility index (Phi) is 5.82. The van der Waals surface area contributed by atoms with Crippen LogP contribution in [0, 0.1) is 0 Å². The minimum Gasteiger partial charge on any atom is -0.444 e. The fourth-order valence-corrected chi connectivity index (χ4v) is 2.64. The quantitative estimate of drug-likeness (QED) is 0.921. The number of anilines is 1. The molecule has 1 saturated heterocycles. The number of ether oxygens (including phenoxy) is 1. The molecule has 128 valence electrons. The number of hydrogen-bond donors (Lipinski definition) is 1. The van der Waals surface area contributed by atoms with Crippen molar-refractivity contribution >= 4 is 11.9 Å². The number of rotatable bonds is 4. The number of carbonyl (C=O) groups is 1. The van der Waals surface area contributed by atoms with Crippen molar-refractivity contribution < 1.29 is 9.53 Å². The summed E-state index contributed by atoms with van der Waals surface area (Å²) < 4.78 is 5.29. The molecule has 6 heteroatoms. The van der Waals surface area contributed by atoms with E-state index in [9.17, 15) is 4.79 Å². The maximum atomic E-state index is 11.8. The van der Waals surface area contributed by atoms with Crippen LogP contribution in [0.2, 0.25) is 0 Å². The highest BCUT2D eigenvalue weighted by molar-refractivity contribution is 5.68. The molecule has 0 spiro atoms. The summed E-state index contributed by atoms with van der Waals surface area (Å²) in [4.78, 5) is 20.8. The molecule has 1 amide bonds. The van der Waals surface area contributed by atoms with Gasteiger partial charge in [-0.05, 0) is 39.8 Å². The highest BCUT2D eigenvalue weighted by atomic mass is 16.6. The van der Waals surface area contributed by atoms with Gasteiger partial charge >= 0.3 is 6.09 Å². The van der Waals surface area contributed by atoms with E-state index in [-0.39, 0.29) is 12.1 Å². The Bertz CT molecular complexity index is 493. The second-order valence-corrected chi connectivity index (χ2v) is 7.02. The molecule has 1 aromatic rings. The smallest absolute Gasteiger partial charge is 0.407 e. The van der Waals surface area contributed by atoms with Crippen molar-refractivity contribution in [3.05, 3.63) is 24.4 Å². The third-order valence-electron chi connectivity index (χ3n) is 3.64. The average molecular weight is 320 g/mol. The summed E-state index contributed by atoms with van der Waals surface area (Å²) in [5.41, 5.74) is -0.460. The summed E-state index contributed by atoms with van der Waals surface area (Å²) in [5, 5.41) is 2.90. The zero-order valence-corrected chi connectivity index (χ0v) is 14.6. The first-order chi connectivity index (χ1) is 10.8. The van der Waals surface area contributed by atoms with E-state index in [4.69, 9.17) is 4.74 Å². The third-order valence-corrected chi connectivity index (χ3v) is 3.64. The summed E-state index contributed by atoms with van der Waals surface area (Å²) >= 11 is 0. The highest BCUT2D eigenvalue weighted by Crippen LogP contribution is 2.12. The summed E-state index contributed by atoms with van der Waals surface area (Å²) in [7, 11) is 0. The van der Waals surface area contributed by atoms with Gasteiger partial charge in [0.1, 0.15) is 11.4 Å². The Morgan fingerprint density at radius 1 is 1.30 bits per heavy atom. The van der Waals surface area contributed by atoms with E-state index in [1.165, 1.54) is 0 Å². The van der Waals surface area contributed by atoms with Gasteiger partial charge in [0.25, 0.3) is 0 Å². The van der Waals surface area contributed by atoms with Crippen LogP contribution in [0.15, 0.2) is 24.4 Å². The van der Waals surface area contributed by atoms with E-state index >= 15 is 0 Å². The lowest BCUT2D eigenvalue weighted by molar-refractivity contribution is 0.0496. The maximum Gasteiger partial charge on any atom is 0.407 e. The number of aromatic nitrogens is 1. The first kappa shape index (κ1) is 17.5. The highest BCUT2D eigenvalue weighted by Gasteiger charge is 2.21. The van der Waals surface area contributed by atoms with Gasteiger partial charge in [-0.2, -0.15) is 0 Å². The molecule has 1 N–H and O–H groups in total. The fourth-order valence-electron chi connectivity index (χ4n) is 2.64. The predicted octanol–water partition coefficient (Wildman–Crippen LogP) is 2.12. The predicted molar refractivity (Wildman–Crippen MR) is 91.7 cm³/mol. The lowest BCUT2D eigenvalue weighted by Gasteiger charge is -2.36. The normalized spacial score (nSPS) is 17.7. The summed E-state index contributed by atoms with van der Waals surface area (Å²) in [6.45, 7) is 12.3. The molecule has 1 aliphatic heterocycles. The van der Waals surface area contributed by atoms with Crippen LogP contribution in [0.3, 0.4) is 0 Å². The van der Waals surface area contributed by atoms with E-state index < -0.39 is 5.60 Å². The lowest BCUT2D eigenvalue weighted by Crippen LogP contribution is -2.51. The summed E-state index contributed by atoms with van der Waals surface area (Å²) in [6, 6.07) is 6.06. The van der Waals surface area contributed by atoms with Crippen molar-refractivity contribution in [1.82, 2.24) is 15.2 Å². The first-order valence-electron chi connectivity index (χ1n) is 8.21. The SMILES string of the molecule is C[C@H](CN1CCN(c2ccccn2)CC1)NC(=O)OC(C)(C)C. The van der Waals surface area contributed by atoms with Gasteiger partial charge in [-0.25, -0.2) is 9.78 Å². The molecule has 0 saturated carbocycles. The molecular weight excluding hydrogens is 292 g/mol. The number of hydrogen-bond acceptors (Lipinski definition) is 5. The number of nitrogens with one attached hydrogen (secondary N) is 1. The Labute approximate surface area is 138 Å². The summed E-state index contributed by atoms with van der Waals surface area (Å²) in [5.74, 6) is 1.03. The van der Waals surface area contributed by atoms with E-state index in [0.29, 0.717) is 0 Å². The third kappa shape index (κ3) is 6.06. The van der Waals surface area contributed by atoms with Crippen LogP contribution in [-0.2, 0) is 4.74 Å². The van der Waals surface area contributed by atoms with E-state index in [0.717, 1.165) is 38.5 Å². The Morgan fingerprint density at radius 3 is 2.57 bits per heavy atom. The molecule has 0 unspecified atom stereocenters. The molecule has 1 aliphatic rings. The fraction of sp³-hybridized carbons (Fsp3) is 0.647. The van der Waals surface area contributed by atoms with Gasteiger partial charge in [0.2, 0.25) is 0 Å². The first-order valence-corrected chi connectivity index (χ1v) is 8.21. The van der Waals surface area contributed by atoms with Crippen LogP contribution < -0.4 is 10.2 Å². The second kappa shape index (κ2) is 7.64. The molecule has 0 bridgehead atoms. The molecule has 0 radical (unpaired) electrons. The van der Waals surface area contributed by atoms with Gasteiger partial charge in [-0.3, -0.25) is 4.90 Å². The Hall–Kier alpha value is -1.82. The standard InChI is InChI=1S/C17H28N4O2/c1-14(19-16(22)23-17(2,3)4)13-20-9-11-21(12-10-20)15-7-5-6-8-18-15/h5-8,14H,9-13H2,1-4H3,(H,19,22)/t14-/m1/s1. The van der Waals surface area contributed by atoms with Crippen LogP contribution in [0.25, 0.3) is 0 Å². The van der Waals surface area contributed by atoms with Crippen LogP contribution in [-0.4, -0.2) is 60.3 Å². The molecule has 0 aromatic carbocycles. The van der Waals surface area contributed by atoms with Crippen LogP contribution in [0.4, 0.5) is 10.6 Å². The van der Waals surface area contributed by atoms with Gasteiger partial charge in [0.05, 0.1) is 0 Å². The van der Waals surface area contributed by atoms with Crippen molar-refractivity contribution in [2.75, 3.05) is 37.6 Å². The minimum atomic E-state index is -0.460. The number of pyridine rings is 1. The van der Waals surface area contributed by atoms with Gasteiger partial charge < -0.3 is 15.0 Å². The molecule has 6 nitrogen and oxygen atoms in total. The number of alkyl carbamates (subject to hydrolysis) is 1. The molecule has 0 aliphatic carbocycles. The molecule has 2 heterocycles. The zero-order chi connectivity index (χ0) is 16.9. The Morgan fingerprint density at radius 2 is 2.00 bits per heavy atom. The largest absolute Gasteiger partial charge is 0.444 e. The summed E-state index contributed by atoms with van der Waals surface area (Å²) in [6.07, 6.45) is 1.48. The number of carbonyl (C=O) groups excluding carboxylic acids is 1.